The van der Waals surface area contributed by atoms with Crippen LogP contribution in [-0.2, 0) is 6.54 Å². The Hall–Kier alpha value is -4.58. The second-order valence-electron chi connectivity index (χ2n) is 8.70. The van der Waals surface area contributed by atoms with Crippen molar-refractivity contribution < 1.29 is 23.7 Å². The van der Waals surface area contributed by atoms with Gasteiger partial charge in [0.2, 0.25) is 12.5 Å². The van der Waals surface area contributed by atoms with Crippen LogP contribution < -0.4 is 35.5 Å². The topological polar surface area (TPSA) is 134 Å². The van der Waals surface area contributed by atoms with Crippen LogP contribution >= 0.6 is 15.9 Å². The lowest BCUT2D eigenvalue weighted by molar-refractivity contribution is 0.0942. The summed E-state index contributed by atoms with van der Waals surface area (Å²) in [6, 6.07) is 14.0. The minimum Gasteiger partial charge on any atom is -0.496 e. The van der Waals surface area contributed by atoms with Crippen molar-refractivity contribution in [3.8, 4) is 34.4 Å². The largest absolute Gasteiger partial charge is 0.496 e. The molecule has 11 nitrogen and oxygen atoms in total. The molecule has 2 heterocycles. The first kappa shape index (κ1) is 26.0. The minimum absolute atomic E-state index is 0.113. The number of aromatic amines is 1. The number of rotatable bonds is 7. The van der Waals surface area contributed by atoms with E-state index in [4.69, 9.17) is 18.9 Å². The van der Waals surface area contributed by atoms with Gasteiger partial charge in [-0.2, -0.15) is 9.78 Å². The number of hydrogen-bond donors (Lipinski definition) is 2. The lowest BCUT2D eigenvalue weighted by Crippen LogP contribution is -2.39. The number of aryl methyl sites for hydroxylation is 2. The molecule has 5 rings (SSSR count). The summed E-state index contributed by atoms with van der Waals surface area (Å²) < 4.78 is 23.7. The van der Waals surface area contributed by atoms with Crippen LogP contribution in [0.4, 0.5) is 0 Å². The van der Waals surface area contributed by atoms with Crippen molar-refractivity contribution in [3.05, 3.63) is 96.2 Å². The van der Waals surface area contributed by atoms with E-state index >= 15 is 0 Å². The predicted molar refractivity (Wildman–Crippen MR) is 144 cm³/mol. The van der Waals surface area contributed by atoms with Crippen LogP contribution in [0.2, 0.25) is 0 Å². The third-order valence-electron chi connectivity index (χ3n) is 5.97. The molecule has 3 aromatic carbocycles. The highest BCUT2D eigenvalue weighted by atomic mass is 79.9. The van der Waals surface area contributed by atoms with Gasteiger partial charge < -0.3 is 24.3 Å². The number of amides is 1. The summed E-state index contributed by atoms with van der Waals surface area (Å²) in [6.07, 6.45) is 0. The van der Waals surface area contributed by atoms with E-state index in [2.05, 4.69) is 31.3 Å². The number of halogens is 1. The van der Waals surface area contributed by atoms with Gasteiger partial charge in [-0.3, -0.25) is 14.6 Å². The normalized spacial score (nSPS) is 11.8. The molecule has 0 saturated heterocycles. The van der Waals surface area contributed by atoms with Crippen LogP contribution in [0.3, 0.4) is 0 Å². The third kappa shape index (κ3) is 5.36. The number of fused-ring (bicyclic) bond motifs is 1. The smallest absolute Gasteiger partial charge is 0.349 e. The average molecular weight is 595 g/mol. The molecule has 0 atom stereocenters. The van der Waals surface area contributed by atoms with Crippen molar-refractivity contribution in [1.82, 2.24) is 20.1 Å². The van der Waals surface area contributed by atoms with Crippen molar-refractivity contribution in [2.45, 2.75) is 20.4 Å². The van der Waals surface area contributed by atoms with Crippen molar-refractivity contribution >= 4 is 21.8 Å². The number of carbonyl (C=O) groups is 1. The highest BCUT2D eigenvalue weighted by Crippen LogP contribution is 2.35. The van der Waals surface area contributed by atoms with Gasteiger partial charge in [0, 0.05) is 6.54 Å². The molecular weight excluding hydrogens is 572 g/mol. The van der Waals surface area contributed by atoms with E-state index in [0.717, 1.165) is 14.7 Å². The van der Waals surface area contributed by atoms with E-state index < -0.39 is 22.9 Å². The van der Waals surface area contributed by atoms with Gasteiger partial charge in [-0.25, -0.2) is 4.79 Å². The number of benzene rings is 3. The van der Waals surface area contributed by atoms with E-state index in [1.807, 2.05) is 13.8 Å². The second-order valence-corrected chi connectivity index (χ2v) is 9.55. The van der Waals surface area contributed by atoms with Gasteiger partial charge in [0.05, 0.1) is 17.3 Å². The first-order chi connectivity index (χ1) is 18.7. The Morgan fingerprint density at radius 2 is 1.82 bits per heavy atom. The van der Waals surface area contributed by atoms with E-state index in [1.54, 1.807) is 55.6 Å². The number of carbonyl (C=O) groups excluding carboxylic acids is 1. The van der Waals surface area contributed by atoms with Crippen LogP contribution in [0.5, 0.6) is 28.7 Å². The first-order valence-corrected chi connectivity index (χ1v) is 12.6. The van der Waals surface area contributed by atoms with Gasteiger partial charge in [0.25, 0.3) is 11.5 Å². The number of nitrogens with zero attached hydrogens (tertiary/aromatic N) is 2. The predicted octanol–water partition coefficient (Wildman–Crippen LogP) is 3.76. The number of methoxy groups -OCH3 is 1. The van der Waals surface area contributed by atoms with Crippen LogP contribution in [0.15, 0.2) is 62.6 Å². The molecule has 1 aliphatic rings. The number of ether oxygens (including phenoxy) is 4. The SMILES string of the molecule is COc1ccc(Oc2c(C)cc(-n3nc(C(=O)NCc4ccc5c(c4)OCO5)c(=O)[nH]c3=O)cc2C)cc1Br. The molecule has 4 aromatic rings. The summed E-state index contributed by atoms with van der Waals surface area (Å²) in [7, 11) is 1.58. The zero-order chi connectivity index (χ0) is 27.7. The molecule has 0 unspecified atom stereocenters. The lowest BCUT2D eigenvalue weighted by Gasteiger charge is -2.15. The monoisotopic (exact) mass is 594 g/mol. The minimum atomic E-state index is -0.891. The van der Waals surface area contributed by atoms with Crippen LogP contribution in [0.25, 0.3) is 5.69 Å². The zero-order valence-electron chi connectivity index (χ0n) is 21.2. The number of nitrogens with one attached hydrogen (secondary N) is 2. The van der Waals surface area contributed by atoms with Gasteiger partial charge >= 0.3 is 5.69 Å². The Kier molecular flexibility index (Phi) is 7.11. The summed E-state index contributed by atoms with van der Waals surface area (Å²) >= 11 is 3.44. The van der Waals surface area contributed by atoms with Gasteiger partial charge in [0.15, 0.2) is 11.5 Å². The molecule has 200 valence electrons. The molecule has 0 spiro atoms. The molecule has 0 radical (unpaired) electrons. The molecule has 1 aliphatic heterocycles. The fourth-order valence-electron chi connectivity index (χ4n) is 4.08. The standard InChI is InChI=1S/C27H23BrN4O7/c1-14-8-17(9-15(2)24(14)39-18-5-7-20(36-3)19(28)11-18)32-27(35)30-26(34)23(31-32)25(33)29-12-16-4-6-21-22(10-16)38-13-37-21/h4-11H,12-13H2,1-3H3,(H,29,33)(H,30,34,35). The molecule has 1 aromatic heterocycles. The lowest BCUT2D eigenvalue weighted by atomic mass is 10.1. The fraction of sp³-hybridized carbons (Fsp3) is 0.185. The highest BCUT2D eigenvalue weighted by Gasteiger charge is 2.19. The molecule has 39 heavy (non-hydrogen) atoms. The highest BCUT2D eigenvalue weighted by molar-refractivity contribution is 9.10. The molecule has 0 fully saturated rings. The number of hydrogen-bond acceptors (Lipinski definition) is 8. The van der Waals surface area contributed by atoms with Gasteiger partial charge in [-0.05, 0) is 88.9 Å². The maximum Gasteiger partial charge on any atom is 0.349 e. The molecular formula is C27H23BrN4O7. The Labute approximate surface area is 230 Å². The van der Waals surface area contributed by atoms with E-state index in [9.17, 15) is 14.4 Å². The van der Waals surface area contributed by atoms with E-state index in [0.29, 0.717) is 45.6 Å². The molecule has 0 saturated carbocycles. The second kappa shape index (κ2) is 10.7. The van der Waals surface area contributed by atoms with Crippen molar-refractivity contribution in [1.29, 1.82) is 0 Å². The van der Waals surface area contributed by atoms with Crippen molar-refractivity contribution in [3.63, 3.8) is 0 Å². The summed E-state index contributed by atoms with van der Waals surface area (Å²) in [5.41, 5.74) is 0.407. The van der Waals surface area contributed by atoms with Gasteiger partial charge in [0.1, 0.15) is 17.2 Å². The fourth-order valence-corrected chi connectivity index (χ4v) is 4.60. The Morgan fingerprint density at radius 3 is 2.54 bits per heavy atom. The summed E-state index contributed by atoms with van der Waals surface area (Å²) in [5.74, 6) is 2.31. The van der Waals surface area contributed by atoms with Gasteiger partial charge in [-0.1, -0.05) is 6.07 Å². The average Bonchev–Trinajstić information content (AvgIpc) is 3.37. The van der Waals surface area contributed by atoms with E-state index in [1.165, 1.54) is 0 Å². The van der Waals surface area contributed by atoms with E-state index in [-0.39, 0.29) is 13.3 Å². The van der Waals surface area contributed by atoms with Crippen LogP contribution in [0, 0.1) is 13.8 Å². The van der Waals surface area contributed by atoms with Crippen LogP contribution in [0.1, 0.15) is 27.2 Å². The quantitative estimate of drug-likeness (QED) is 0.330. The first-order valence-electron chi connectivity index (χ1n) is 11.8. The maximum atomic E-state index is 12.8. The van der Waals surface area contributed by atoms with Gasteiger partial charge in [-0.15, -0.1) is 0 Å². The van der Waals surface area contributed by atoms with Crippen molar-refractivity contribution in [2.75, 3.05) is 13.9 Å². The third-order valence-corrected chi connectivity index (χ3v) is 6.59. The Morgan fingerprint density at radius 1 is 1.08 bits per heavy atom. The van der Waals surface area contributed by atoms with Crippen molar-refractivity contribution in [2.24, 2.45) is 0 Å². The van der Waals surface area contributed by atoms with Crippen LogP contribution in [-0.4, -0.2) is 34.6 Å². The summed E-state index contributed by atoms with van der Waals surface area (Å²) in [6.45, 7) is 3.89. The molecule has 0 aliphatic carbocycles. The molecule has 0 bridgehead atoms. The maximum absolute atomic E-state index is 12.8. The Bertz CT molecular complexity index is 1690. The molecule has 12 heteroatoms. The number of H-pyrrole nitrogens is 1. The molecule has 2 N–H and O–H groups in total. The Balaban J connectivity index is 1.39. The summed E-state index contributed by atoms with van der Waals surface area (Å²) in [4.78, 5) is 40.1. The number of aromatic nitrogens is 3. The zero-order valence-corrected chi connectivity index (χ0v) is 22.7. The summed E-state index contributed by atoms with van der Waals surface area (Å²) in [5, 5.41) is 6.73. The molecule has 1 amide bonds.